The van der Waals surface area contributed by atoms with Crippen LogP contribution in [0.2, 0.25) is 0 Å². The van der Waals surface area contributed by atoms with Gasteiger partial charge in [-0.2, -0.15) is 4.68 Å². The van der Waals surface area contributed by atoms with Crippen LogP contribution >= 0.6 is 0 Å². The van der Waals surface area contributed by atoms with Gasteiger partial charge >= 0.3 is 5.95 Å². The van der Waals surface area contributed by atoms with Gasteiger partial charge < -0.3 is 15.2 Å². The zero-order chi connectivity index (χ0) is 11.6. The smallest absolute Gasteiger partial charge is 0.390 e. The molecule has 1 atom stereocenters. The highest BCUT2D eigenvalue weighted by atomic mass is 16.6. The molecule has 15 heavy (non-hydrogen) atoms. The number of nitro groups is 1. The first-order chi connectivity index (χ1) is 6.83. The van der Waals surface area contributed by atoms with Crippen molar-refractivity contribution in [1.29, 1.82) is 0 Å². The van der Waals surface area contributed by atoms with Crippen molar-refractivity contribution in [1.82, 2.24) is 14.8 Å². The van der Waals surface area contributed by atoms with Crippen molar-refractivity contribution in [3.8, 4) is 0 Å². The minimum Gasteiger partial charge on any atom is -0.390 e. The average Bonchev–Trinajstić information content (AvgIpc) is 2.51. The Hall–Kier alpha value is -1.50. The van der Waals surface area contributed by atoms with Gasteiger partial charge in [-0.15, -0.1) is 0 Å². The maximum atomic E-state index is 10.3. The van der Waals surface area contributed by atoms with Crippen LogP contribution < -0.4 is 0 Å². The fourth-order valence-corrected chi connectivity index (χ4v) is 0.955. The third-order valence-electron chi connectivity index (χ3n) is 2.41. The van der Waals surface area contributed by atoms with Gasteiger partial charge in [0.1, 0.15) is 0 Å². The molecule has 0 amide bonds. The monoisotopic (exact) mass is 214 g/mol. The van der Waals surface area contributed by atoms with E-state index < -0.39 is 16.5 Å². The van der Waals surface area contributed by atoms with E-state index in [0.717, 1.165) is 0 Å². The average molecular weight is 214 g/mol. The van der Waals surface area contributed by atoms with Crippen LogP contribution in [0.4, 0.5) is 5.95 Å². The molecular formula is C8H14N4O3. The topological polar surface area (TPSA) is 94.1 Å². The van der Waals surface area contributed by atoms with Crippen LogP contribution in [0.3, 0.4) is 0 Å². The molecule has 0 radical (unpaired) electrons. The van der Waals surface area contributed by atoms with Crippen LogP contribution in [0.1, 0.15) is 20.8 Å². The molecule has 7 heteroatoms. The van der Waals surface area contributed by atoms with E-state index >= 15 is 0 Å². The van der Waals surface area contributed by atoms with Gasteiger partial charge in [0, 0.05) is 5.10 Å². The summed E-state index contributed by atoms with van der Waals surface area (Å²) in [6.45, 7) is 5.58. The Kier molecular flexibility index (Phi) is 3.04. The number of aliphatic hydroxyl groups is 1. The van der Waals surface area contributed by atoms with E-state index in [4.69, 9.17) is 0 Å². The highest BCUT2D eigenvalue weighted by Gasteiger charge is 2.28. The molecule has 0 saturated heterocycles. The number of hydrogen-bond donors (Lipinski definition) is 1. The third-order valence-corrected chi connectivity index (χ3v) is 2.41. The number of nitrogens with zero attached hydrogens (tertiary/aromatic N) is 4. The van der Waals surface area contributed by atoms with Gasteiger partial charge in [0.05, 0.1) is 12.1 Å². The lowest BCUT2D eigenvalue weighted by Gasteiger charge is -2.25. The molecule has 1 aromatic heterocycles. The summed E-state index contributed by atoms with van der Waals surface area (Å²) >= 11 is 0. The first-order valence-corrected chi connectivity index (χ1v) is 4.59. The lowest BCUT2D eigenvalue weighted by atomic mass is 9.93. The minimum absolute atomic E-state index is 0.0285. The summed E-state index contributed by atoms with van der Waals surface area (Å²) in [5, 5.41) is 23.9. The van der Waals surface area contributed by atoms with Crippen LogP contribution in [0.5, 0.6) is 0 Å². The molecule has 7 nitrogen and oxygen atoms in total. The van der Waals surface area contributed by atoms with Gasteiger partial charge in [-0.25, -0.2) is 0 Å². The summed E-state index contributed by atoms with van der Waals surface area (Å²) in [5.41, 5.74) is -0.957. The van der Waals surface area contributed by atoms with E-state index in [2.05, 4.69) is 10.1 Å². The molecule has 1 rings (SSSR count). The predicted molar refractivity (Wildman–Crippen MR) is 52.1 cm³/mol. The van der Waals surface area contributed by atoms with Crippen LogP contribution in [-0.2, 0) is 6.54 Å². The van der Waals surface area contributed by atoms with Gasteiger partial charge in [-0.1, -0.05) is 18.8 Å². The molecule has 0 aliphatic heterocycles. The normalized spacial score (nSPS) is 15.3. The SMILES string of the molecule is CC(C)C(C)(O)Cn1cnc([N+](=O)[O-])n1. The first-order valence-electron chi connectivity index (χ1n) is 4.59. The van der Waals surface area contributed by atoms with E-state index in [-0.39, 0.29) is 12.5 Å². The maximum absolute atomic E-state index is 10.3. The van der Waals surface area contributed by atoms with E-state index in [1.54, 1.807) is 6.92 Å². The Morgan fingerprint density at radius 2 is 2.33 bits per heavy atom. The fraction of sp³-hybridized carbons (Fsp3) is 0.750. The largest absolute Gasteiger partial charge is 0.490 e. The van der Waals surface area contributed by atoms with Crippen molar-refractivity contribution in [3.63, 3.8) is 0 Å². The van der Waals surface area contributed by atoms with Gasteiger partial charge in [0.25, 0.3) is 0 Å². The standard InChI is InChI=1S/C8H14N4O3/c1-6(2)8(3,13)4-11-5-9-7(10-11)12(14)15/h5-6,13H,4H2,1-3H3. The molecule has 0 aliphatic carbocycles. The Morgan fingerprint density at radius 1 is 1.73 bits per heavy atom. The molecular weight excluding hydrogens is 200 g/mol. The Balaban J connectivity index is 2.77. The van der Waals surface area contributed by atoms with Gasteiger partial charge in [0.15, 0.2) is 0 Å². The summed E-state index contributed by atoms with van der Waals surface area (Å²) in [6, 6.07) is 0. The Bertz CT molecular complexity index is 359. The minimum atomic E-state index is -0.957. The van der Waals surface area contributed by atoms with E-state index in [1.807, 2.05) is 13.8 Å². The molecule has 84 valence electrons. The molecule has 0 aliphatic rings. The summed E-state index contributed by atoms with van der Waals surface area (Å²) in [5.74, 6) is -0.421. The van der Waals surface area contributed by atoms with Crippen molar-refractivity contribution in [2.24, 2.45) is 5.92 Å². The molecule has 1 heterocycles. The lowest BCUT2D eigenvalue weighted by Crippen LogP contribution is -2.36. The van der Waals surface area contributed by atoms with E-state index in [0.29, 0.717) is 0 Å². The molecule has 0 saturated carbocycles. The fourth-order valence-electron chi connectivity index (χ4n) is 0.955. The van der Waals surface area contributed by atoms with Gasteiger partial charge in [0.2, 0.25) is 6.33 Å². The maximum Gasteiger partial charge on any atom is 0.490 e. The van der Waals surface area contributed by atoms with Gasteiger partial charge in [-0.3, -0.25) is 0 Å². The molecule has 0 spiro atoms. The van der Waals surface area contributed by atoms with Crippen LogP contribution in [0.25, 0.3) is 0 Å². The van der Waals surface area contributed by atoms with Crippen molar-refractivity contribution in [2.75, 3.05) is 0 Å². The highest BCUT2D eigenvalue weighted by molar-refractivity contribution is 4.97. The summed E-state index contributed by atoms with van der Waals surface area (Å²) in [4.78, 5) is 13.2. The van der Waals surface area contributed by atoms with Crippen molar-refractivity contribution in [3.05, 3.63) is 16.4 Å². The summed E-state index contributed by atoms with van der Waals surface area (Å²) in [7, 11) is 0. The van der Waals surface area contributed by atoms with Crippen LogP contribution in [0, 0.1) is 16.0 Å². The second-order valence-corrected chi connectivity index (χ2v) is 4.01. The lowest BCUT2D eigenvalue weighted by molar-refractivity contribution is -0.394. The van der Waals surface area contributed by atoms with Gasteiger partial charge in [-0.05, 0) is 17.8 Å². The van der Waals surface area contributed by atoms with Crippen molar-refractivity contribution < 1.29 is 10.0 Å². The first kappa shape index (κ1) is 11.6. The van der Waals surface area contributed by atoms with Crippen molar-refractivity contribution >= 4 is 5.95 Å². The highest BCUT2D eigenvalue weighted by Crippen LogP contribution is 2.18. The molecule has 1 unspecified atom stereocenters. The van der Waals surface area contributed by atoms with E-state index in [9.17, 15) is 15.2 Å². The quantitative estimate of drug-likeness (QED) is 0.584. The molecule has 1 N–H and O–H groups in total. The third kappa shape index (κ3) is 2.72. The molecule has 0 aromatic carbocycles. The second kappa shape index (κ2) is 3.93. The Labute approximate surface area is 86.9 Å². The summed E-state index contributed by atoms with van der Waals surface area (Å²) in [6.07, 6.45) is 1.25. The second-order valence-electron chi connectivity index (χ2n) is 4.01. The van der Waals surface area contributed by atoms with E-state index in [1.165, 1.54) is 11.0 Å². The summed E-state index contributed by atoms with van der Waals surface area (Å²) < 4.78 is 1.28. The van der Waals surface area contributed by atoms with Crippen LogP contribution in [0.15, 0.2) is 6.33 Å². The number of aromatic nitrogens is 3. The zero-order valence-electron chi connectivity index (χ0n) is 8.91. The Morgan fingerprint density at radius 3 is 2.73 bits per heavy atom. The predicted octanol–water partition coefficient (Wildman–Crippen LogP) is 0.593. The molecule has 1 aromatic rings. The number of hydrogen-bond acceptors (Lipinski definition) is 5. The zero-order valence-corrected chi connectivity index (χ0v) is 8.91. The van der Waals surface area contributed by atoms with Crippen LogP contribution in [-0.4, -0.2) is 30.4 Å². The number of rotatable bonds is 4. The van der Waals surface area contributed by atoms with Crippen molar-refractivity contribution in [2.45, 2.75) is 32.9 Å². The molecule has 0 bridgehead atoms. The molecule has 0 fully saturated rings.